The van der Waals surface area contributed by atoms with Crippen LogP contribution in [0.4, 0.5) is 10.5 Å². The summed E-state index contributed by atoms with van der Waals surface area (Å²) in [7, 11) is 0. The third kappa shape index (κ3) is 5.11. The number of alkyl carbamates (subject to hydrolysis) is 1. The Morgan fingerprint density at radius 1 is 1.08 bits per heavy atom. The van der Waals surface area contributed by atoms with Gasteiger partial charge in [-0.3, -0.25) is 14.8 Å². The number of nitrogens with one attached hydrogen (secondary N) is 1. The van der Waals surface area contributed by atoms with E-state index in [1.165, 1.54) is 4.68 Å². The number of aryl methyl sites for hydroxylation is 1. The summed E-state index contributed by atoms with van der Waals surface area (Å²) in [4.78, 5) is 35.3. The Kier molecular flexibility index (Phi) is 6.88. The Morgan fingerprint density at radius 3 is 2.28 bits per heavy atom. The number of amides is 1. The number of carboxylic acids is 1. The van der Waals surface area contributed by atoms with E-state index in [0.717, 1.165) is 22.3 Å². The number of aromatic nitrogens is 2. The number of rotatable bonds is 9. The fraction of sp³-hybridized carbons (Fsp3) is 0.250. The molecular formula is C28H26N4O7. The first-order chi connectivity index (χ1) is 18.7. The summed E-state index contributed by atoms with van der Waals surface area (Å²) < 4.78 is 12.7. The van der Waals surface area contributed by atoms with Crippen molar-refractivity contribution in [3.8, 4) is 11.1 Å². The van der Waals surface area contributed by atoms with E-state index in [0.29, 0.717) is 22.9 Å². The van der Waals surface area contributed by atoms with Crippen molar-refractivity contribution in [2.24, 2.45) is 0 Å². The molecule has 0 aliphatic heterocycles. The number of hydrogen-bond acceptors (Lipinski definition) is 7. The molecule has 1 aliphatic carbocycles. The van der Waals surface area contributed by atoms with Crippen LogP contribution >= 0.6 is 0 Å². The largest absolute Gasteiger partial charge is 0.480 e. The number of carboxylic acid groups (broad SMARTS) is 1. The fourth-order valence-electron chi connectivity index (χ4n) is 5.05. The lowest BCUT2D eigenvalue weighted by molar-refractivity contribution is -0.386. The Hall–Kier alpha value is -4.93. The van der Waals surface area contributed by atoms with Crippen molar-refractivity contribution in [2.45, 2.75) is 38.8 Å². The summed E-state index contributed by atoms with van der Waals surface area (Å²) in [5.41, 5.74) is 4.91. The van der Waals surface area contributed by atoms with Gasteiger partial charge in [-0.1, -0.05) is 48.5 Å². The topological polar surface area (TPSA) is 150 Å². The van der Waals surface area contributed by atoms with Crippen LogP contribution in [0.3, 0.4) is 0 Å². The van der Waals surface area contributed by atoms with E-state index in [-0.39, 0.29) is 31.2 Å². The Morgan fingerprint density at radius 2 is 1.69 bits per heavy atom. The molecule has 4 aromatic rings. The van der Waals surface area contributed by atoms with Crippen LogP contribution in [-0.2, 0) is 22.5 Å². The maximum absolute atomic E-state index is 12.6. The van der Waals surface area contributed by atoms with Crippen molar-refractivity contribution >= 4 is 17.7 Å². The lowest BCUT2D eigenvalue weighted by Crippen LogP contribution is -2.42. The van der Waals surface area contributed by atoms with Crippen LogP contribution in [0, 0.1) is 24.0 Å². The SMILES string of the molecule is Cc1nn(Cc2ccc(CC(NC(=O)OCC3c4ccccc4-c4ccccc43)C(=O)O)o2)c(C)c1[N+](=O)[O-]. The van der Waals surface area contributed by atoms with Crippen LogP contribution in [0.1, 0.15) is 40.0 Å². The monoisotopic (exact) mass is 530 g/mol. The van der Waals surface area contributed by atoms with Crippen LogP contribution in [0.5, 0.6) is 0 Å². The van der Waals surface area contributed by atoms with E-state index < -0.39 is 23.0 Å². The minimum atomic E-state index is -1.28. The molecule has 0 bridgehead atoms. The highest BCUT2D eigenvalue weighted by Gasteiger charge is 2.30. The third-order valence-corrected chi connectivity index (χ3v) is 6.89. The normalized spacial score (nSPS) is 13.0. The third-order valence-electron chi connectivity index (χ3n) is 6.89. The summed E-state index contributed by atoms with van der Waals surface area (Å²) in [5, 5.41) is 27.5. The summed E-state index contributed by atoms with van der Waals surface area (Å²) in [6.45, 7) is 3.35. The number of nitro groups is 1. The van der Waals surface area contributed by atoms with E-state index in [4.69, 9.17) is 9.15 Å². The van der Waals surface area contributed by atoms with Gasteiger partial charge >= 0.3 is 17.7 Å². The van der Waals surface area contributed by atoms with Crippen molar-refractivity contribution in [3.05, 3.63) is 105 Å². The van der Waals surface area contributed by atoms with Crippen molar-refractivity contribution in [1.82, 2.24) is 15.1 Å². The van der Waals surface area contributed by atoms with Crippen molar-refractivity contribution in [3.63, 3.8) is 0 Å². The number of hydrogen-bond donors (Lipinski definition) is 2. The molecule has 0 radical (unpaired) electrons. The second-order valence-corrected chi connectivity index (χ2v) is 9.37. The van der Waals surface area contributed by atoms with E-state index in [2.05, 4.69) is 10.4 Å². The van der Waals surface area contributed by atoms with Gasteiger partial charge in [0.2, 0.25) is 0 Å². The number of benzene rings is 2. The summed E-state index contributed by atoms with van der Waals surface area (Å²) in [6.07, 6.45) is -0.956. The molecule has 2 aromatic heterocycles. The van der Waals surface area contributed by atoms with Gasteiger partial charge in [-0.2, -0.15) is 5.10 Å². The lowest BCUT2D eigenvalue weighted by atomic mass is 9.98. The molecule has 0 saturated carbocycles. The quantitative estimate of drug-likeness (QED) is 0.236. The molecule has 1 atom stereocenters. The number of furan rings is 1. The second kappa shape index (κ2) is 10.4. The van der Waals surface area contributed by atoms with Crippen LogP contribution in [0.2, 0.25) is 0 Å². The molecule has 1 aliphatic rings. The number of aliphatic carboxylic acids is 1. The number of ether oxygens (including phenoxy) is 1. The highest BCUT2D eigenvalue weighted by molar-refractivity contribution is 5.81. The average Bonchev–Trinajstić information content (AvgIpc) is 3.56. The zero-order chi connectivity index (χ0) is 27.7. The molecule has 11 nitrogen and oxygen atoms in total. The first kappa shape index (κ1) is 25.7. The van der Waals surface area contributed by atoms with Gasteiger partial charge in [0.1, 0.15) is 35.6 Å². The molecule has 2 heterocycles. The van der Waals surface area contributed by atoms with Gasteiger partial charge < -0.3 is 19.6 Å². The first-order valence-corrected chi connectivity index (χ1v) is 12.3. The van der Waals surface area contributed by atoms with Gasteiger partial charge in [0.15, 0.2) is 0 Å². The molecule has 5 rings (SSSR count). The van der Waals surface area contributed by atoms with E-state index in [9.17, 15) is 24.8 Å². The molecule has 2 N–H and O–H groups in total. The van der Waals surface area contributed by atoms with Crippen molar-refractivity contribution in [2.75, 3.05) is 6.61 Å². The molecule has 1 unspecified atom stereocenters. The molecular weight excluding hydrogens is 504 g/mol. The Labute approximate surface area is 223 Å². The van der Waals surface area contributed by atoms with Gasteiger partial charge in [0, 0.05) is 12.3 Å². The van der Waals surface area contributed by atoms with Crippen molar-refractivity contribution in [1.29, 1.82) is 0 Å². The molecule has 11 heteroatoms. The summed E-state index contributed by atoms with van der Waals surface area (Å²) in [6, 6.07) is 17.8. The summed E-state index contributed by atoms with van der Waals surface area (Å²) >= 11 is 0. The van der Waals surface area contributed by atoms with E-state index in [1.54, 1.807) is 26.0 Å². The van der Waals surface area contributed by atoms with Crippen LogP contribution in [-0.4, -0.2) is 44.5 Å². The minimum Gasteiger partial charge on any atom is -0.480 e. The maximum Gasteiger partial charge on any atom is 0.407 e. The number of fused-ring (bicyclic) bond motifs is 3. The Balaban J connectivity index is 1.21. The molecule has 0 spiro atoms. The van der Waals surface area contributed by atoms with E-state index >= 15 is 0 Å². The molecule has 2 aromatic carbocycles. The predicted molar refractivity (Wildman–Crippen MR) is 139 cm³/mol. The highest BCUT2D eigenvalue weighted by atomic mass is 16.6. The molecule has 0 saturated heterocycles. The van der Waals surface area contributed by atoms with Gasteiger partial charge in [-0.15, -0.1) is 0 Å². The number of carbonyl (C=O) groups is 2. The molecule has 200 valence electrons. The molecule has 0 fully saturated rings. The first-order valence-electron chi connectivity index (χ1n) is 12.3. The van der Waals surface area contributed by atoms with Gasteiger partial charge in [-0.25, -0.2) is 9.59 Å². The van der Waals surface area contributed by atoms with Gasteiger partial charge in [0.05, 0.1) is 11.5 Å². The number of nitrogens with zero attached hydrogens (tertiary/aromatic N) is 3. The standard InChI is InChI=1S/C28H26N4O7/c1-16-26(32(36)37)17(2)31(30-16)14-19-12-11-18(39-19)13-25(27(33)34)29-28(35)38-15-24-22-9-5-3-7-20(22)21-8-4-6-10-23(21)24/h3-12,24-25H,13-15H2,1-2H3,(H,29,35)(H,33,34). The maximum atomic E-state index is 12.6. The van der Waals surface area contributed by atoms with Crippen molar-refractivity contribution < 1.29 is 28.8 Å². The second-order valence-electron chi connectivity index (χ2n) is 9.37. The predicted octanol–water partition coefficient (Wildman–Crippen LogP) is 4.58. The summed E-state index contributed by atoms with van der Waals surface area (Å²) in [5.74, 6) is -0.622. The lowest BCUT2D eigenvalue weighted by Gasteiger charge is -2.17. The molecule has 1 amide bonds. The van der Waals surface area contributed by atoms with Crippen LogP contribution < -0.4 is 5.32 Å². The zero-order valence-electron chi connectivity index (χ0n) is 21.3. The molecule has 39 heavy (non-hydrogen) atoms. The van der Waals surface area contributed by atoms with Crippen LogP contribution in [0.25, 0.3) is 11.1 Å². The van der Waals surface area contributed by atoms with Gasteiger partial charge in [-0.05, 0) is 48.2 Å². The average molecular weight is 531 g/mol. The van der Waals surface area contributed by atoms with E-state index in [1.807, 2.05) is 48.5 Å². The highest BCUT2D eigenvalue weighted by Crippen LogP contribution is 2.44. The fourth-order valence-corrected chi connectivity index (χ4v) is 5.05. The zero-order valence-corrected chi connectivity index (χ0v) is 21.3. The van der Waals surface area contributed by atoms with Gasteiger partial charge in [0.25, 0.3) is 0 Å². The minimum absolute atomic E-state index is 0.0555. The number of carbonyl (C=O) groups excluding carboxylic acids is 1. The smallest absolute Gasteiger partial charge is 0.407 e. The van der Waals surface area contributed by atoms with Crippen LogP contribution in [0.15, 0.2) is 65.1 Å². The Bertz CT molecular complexity index is 1530.